The molecule has 0 spiro atoms. The van der Waals surface area contributed by atoms with Crippen LogP contribution in [0.2, 0.25) is 0 Å². The summed E-state index contributed by atoms with van der Waals surface area (Å²) in [6, 6.07) is 9.98. The van der Waals surface area contributed by atoms with E-state index in [4.69, 9.17) is 14.2 Å². The maximum absolute atomic E-state index is 13.3. The van der Waals surface area contributed by atoms with Crippen molar-refractivity contribution < 1.29 is 18.6 Å². The van der Waals surface area contributed by atoms with Gasteiger partial charge in [0.25, 0.3) is 0 Å². The number of rotatable bonds is 5. The van der Waals surface area contributed by atoms with Crippen LogP contribution in [0.4, 0.5) is 4.39 Å². The summed E-state index contributed by atoms with van der Waals surface area (Å²) >= 11 is 3.25. The van der Waals surface area contributed by atoms with E-state index in [1.807, 2.05) is 6.07 Å². The molecule has 0 aliphatic carbocycles. The Morgan fingerprint density at radius 3 is 2.25 bits per heavy atom. The quantitative estimate of drug-likeness (QED) is 0.816. The predicted octanol–water partition coefficient (Wildman–Crippen LogP) is 4.18. The molecule has 2 aromatic rings. The topological polar surface area (TPSA) is 27.7 Å². The van der Waals surface area contributed by atoms with Crippen molar-refractivity contribution in [1.82, 2.24) is 0 Å². The number of para-hydroxylation sites is 1. The number of hydrogen-bond donors (Lipinski definition) is 0. The van der Waals surface area contributed by atoms with Gasteiger partial charge in [-0.15, -0.1) is 0 Å². The lowest BCUT2D eigenvalue weighted by Crippen LogP contribution is -2.00. The number of hydrogen-bond acceptors (Lipinski definition) is 3. The van der Waals surface area contributed by atoms with Crippen molar-refractivity contribution in [3.63, 3.8) is 0 Å². The SMILES string of the molecule is COc1cccc(OC)c1OCc1cc(F)cc(Br)c1. The van der Waals surface area contributed by atoms with E-state index < -0.39 is 0 Å². The molecule has 2 aromatic carbocycles. The molecular weight excluding hydrogens is 327 g/mol. The molecule has 0 heterocycles. The van der Waals surface area contributed by atoms with Crippen molar-refractivity contribution in [2.45, 2.75) is 6.61 Å². The lowest BCUT2D eigenvalue weighted by molar-refractivity contribution is 0.265. The fourth-order valence-electron chi connectivity index (χ4n) is 1.81. The van der Waals surface area contributed by atoms with E-state index in [0.717, 1.165) is 0 Å². The van der Waals surface area contributed by atoms with E-state index in [2.05, 4.69) is 15.9 Å². The first-order valence-corrected chi connectivity index (χ1v) is 6.72. The van der Waals surface area contributed by atoms with Gasteiger partial charge in [0, 0.05) is 4.47 Å². The van der Waals surface area contributed by atoms with Crippen LogP contribution in [0, 0.1) is 5.82 Å². The number of ether oxygens (including phenoxy) is 3. The zero-order chi connectivity index (χ0) is 14.5. The van der Waals surface area contributed by atoms with Crippen LogP contribution >= 0.6 is 15.9 Å². The number of methoxy groups -OCH3 is 2. The first-order chi connectivity index (χ1) is 9.63. The summed E-state index contributed by atoms with van der Waals surface area (Å²) in [6.45, 7) is 0.215. The molecule has 0 saturated carbocycles. The molecular formula is C15H14BrFO3. The molecule has 0 aliphatic heterocycles. The van der Waals surface area contributed by atoms with E-state index in [1.165, 1.54) is 12.1 Å². The molecule has 0 saturated heterocycles. The van der Waals surface area contributed by atoms with Crippen LogP contribution in [0.5, 0.6) is 17.2 Å². The smallest absolute Gasteiger partial charge is 0.203 e. The molecule has 0 aliphatic rings. The molecule has 0 unspecified atom stereocenters. The van der Waals surface area contributed by atoms with Gasteiger partial charge in [-0.25, -0.2) is 4.39 Å². The van der Waals surface area contributed by atoms with Gasteiger partial charge in [0.2, 0.25) is 5.75 Å². The van der Waals surface area contributed by atoms with E-state index in [-0.39, 0.29) is 12.4 Å². The Kier molecular flexibility index (Phi) is 4.84. The van der Waals surface area contributed by atoms with Gasteiger partial charge in [-0.1, -0.05) is 22.0 Å². The molecule has 0 N–H and O–H groups in total. The molecule has 0 bridgehead atoms. The van der Waals surface area contributed by atoms with Crippen LogP contribution in [-0.4, -0.2) is 14.2 Å². The van der Waals surface area contributed by atoms with Crippen LogP contribution in [0.3, 0.4) is 0 Å². The normalized spacial score (nSPS) is 10.2. The third-order valence-corrected chi connectivity index (χ3v) is 3.15. The predicted molar refractivity (Wildman–Crippen MR) is 78.0 cm³/mol. The lowest BCUT2D eigenvalue weighted by atomic mass is 10.2. The van der Waals surface area contributed by atoms with Gasteiger partial charge < -0.3 is 14.2 Å². The average Bonchev–Trinajstić information content (AvgIpc) is 2.43. The average molecular weight is 341 g/mol. The Morgan fingerprint density at radius 2 is 1.70 bits per heavy atom. The highest BCUT2D eigenvalue weighted by Crippen LogP contribution is 2.37. The van der Waals surface area contributed by atoms with Crippen molar-refractivity contribution in [3.8, 4) is 17.2 Å². The molecule has 106 valence electrons. The van der Waals surface area contributed by atoms with Crippen LogP contribution in [0.15, 0.2) is 40.9 Å². The van der Waals surface area contributed by atoms with Crippen LogP contribution < -0.4 is 14.2 Å². The van der Waals surface area contributed by atoms with Gasteiger partial charge in [0.1, 0.15) is 12.4 Å². The highest BCUT2D eigenvalue weighted by atomic mass is 79.9. The van der Waals surface area contributed by atoms with E-state index in [1.54, 1.807) is 32.4 Å². The maximum Gasteiger partial charge on any atom is 0.203 e. The Morgan fingerprint density at radius 1 is 1.05 bits per heavy atom. The second kappa shape index (κ2) is 6.61. The fraction of sp³-hybridized carbons (Fsp3) is 0.200. The Hall–Kier alpha value is -1.75. The van der Waals surface area contributed by atoms with Crippen LogP contribution in [0.25, 0.3) is 0 Å². The fourth-order valence-corrected chi connectivity index (χ4v) is 2.32. The summed E-state index contributed by atoms with van der Waals surface area (Å²) in [5.41, 5.74) is 0.713. The summed E-state index contributed by atoms with van der Waals surface area (Å²) in [5, 5.41) is 0. The largest absolute Gasteiger partial charge is 0.493 e. The summed E-state index contributed by atoms with van der Waals surface area (Å²) < 4.78 is 30.2. The summed E-state index contributed by atoms with van der Waals surface area (Å²) in [6.07, 6.45) is 0. The zero-order valence-corrected chi connectivity index (χ0v) is 12.7. The number of halogens is 2. The van der Waals surface area contributed by atoms with Gasteiger partial charge in [-0.2, -0.15) is 0 Å². The monoisotopic (exact) mass is 340 g/mol. The van der Waals surface area contributed by atoms with Crippen molar-refractivity contribution >= 4 is 15.9 Å². The molecule has 5 heteroatoms. The van der Waals surface area contributed by atoms with Gasteiger partial charge in [0.15, 0.2) is 11.5 Å². The molecule has 0 fully saturated rings. The summed E-state index contributed by atoms with van der Waals surface area (Å²) in [4.78, 5) is 0. The van der Waals surface area contributed by atoms with Crippen LogP contribution in [0.1, 0.15) is 5.56 Å². The molecule has 3 nitrogen and oxygen atoms in total. The summed E-state index contributed by atoms with van der Waals surface area (Å²) in [5.74, 6) is 1.32. The molecule has 2 rings (SSSR count). The highest BCUT2D eigenvalue weighted by Gasteiger charge is 2.11. The second-order valence-corrected chi connectivity index (χ2v) is 4.97. The minimum Gasteiger partial charge on any atom is -0.493 e. The maximum atomic E-state index is 13.3. The van der Waals surface area contributed by atoms with E-state index in [9.17, 15) is 4.39 Å². The Balaban J connectivity index is 2.22. The Bertz CT molecular complexity index is 559. The van der Waals surface area contributed by atoms with Gasteiger partial charge in [-0.3, -0.25) is 0 Å². The second-order valence-electron chi connectivity index (χ2n) is 4.06. The number of benzene rings is 2. The summed E-state index contributed by atoms with van der Waals surface area (Å²) in [7, 11) is 3.11. The molecule has 0 radical (unpaired) electrons. The van der Waals surface area contributed by atoms with Crippen molar-refractivity contribution in [3.05, 3.63) is 52.3 Å². The minimum atomic E-state index is -0.315. The van der Waals surface area contributed by atoms with E-state index in [0.29, 0.717) is 27.3 Å². The molecule has 0 atom stereocenters. The highest BCUT2D eigenvalue weighted by molar-refractivity contribution is 9.10. The molecule has 0 amide bonds. The van der Waals surface area contributed by atoms with Gasteiger partial charge in [0.05, 0.1) is 14.2 Å². The van der Waals surface area contributed by atoms with Crippen molar-refractivity contribution in [2.24, 2.45) is 0 Å². The Labute approximate surface area is 125 Å². The van der Waals surface area contributed by atoms with Crippen molar-refractivity contribution in [2.75, 3.05) is 14.2 Å². The standard InChI is InChI=1S/C15H14BrFO3/c1-18-13-4-3-5-14(19-2)15(13)20-9-10-6-11(16)8-12(17)7-10/h3-8H,9H2,1-2H3. The lowest BCUT2D eigenvalue weighted by Gasteiger charge is -2.14. The first-order valence-electron chi connectivity index (χ1n) is 5.93. The van der Waals surface area contributed by atoms with Crippen molar-refractivity contribution in [1.29, 1.82) is 0 Å². The zero-order valence-electron chi connectivity index (χ0n) is 11.2. The first kappa shape index (κ1) is 14.7. The molecule has 20 heavy (non-hydrogen) atoms. The minimum absolute atomic E-state index is 0.215. The molecule has 0 aromatic heterocycles. The van der Waals surface area contributed by atoms with E-state index >= 15 is 0 Å². The third-order valence-electron chi connectivity index (χ3n) is 2.69. The van der Waals surface area contributed by atoms with Gasteiger partial charge >= 0.3 is 0 Å². The third kappa shape index (κ3) is 3.42. The van der Waals surface area contributed by atoms with Gasteiger partial charge in [-0.05, 0) is 35.9 Å². The van der Waals surface area contributed by atoms with Crippen LogP contribution in [-0.2, 0) is 6.61 Å².